The van der Waals surface area contributed by atoms with Crippen LogP contribution < -0.4 is 5.73 Å². The molecule has 5 nitrogen and oxygen atoms in total. The molecule has 2 N–H and O–H groups in total. The summed E-state index contributed by atoms with van der Waals surface area (Å²) in [5.41, 5.74) is 10.3. The number of nitrogens with two attached hydrogens (primary N) is 1. The summed E-state index contributed by atoms with van der Waals surface area (Å²) < 4.78 is 1.95. The van der Waals surface area contributed by atoms with Gasteiger partial charge in [0.1, 0.15) is 10.8 Å². The molecule has 0 saturated carbocycles. The Kier molecular flexibility index (Phi) is 5.72. The number of aromatic nitrogens is 3. The van der Waals surface area contributed by atoms with Gasteiger partial charge >= 0.3 is 0 Å². The van der Waals surface area contributed by atoms with Gasteiger partial charge < -0.3 is 5.73 Å². The quantitative estimate of drug-likeness (QED) is 0.494. The van der Waals surface area contributed by atoms with Gasteiger partial charge in [0.25, 0.3) is 0 Å². The van der Waals surface area contributed by atoms with E-state index in [0.29, 0.717) is 11.2 Å². The molecule has 4 rings (SSSR count). The van der Waals surface area contributed by atoms with Gasteiger partial charge in [0.2, 0.25) is 0 Å². The van der Waals surface area contributed by atoms with Crippen molar-refractivity contribution in [3.8, 4) is 0 Å². The van der Waals surface area contributed by atoms with Crippen LogP contribution in [0.4, 0.5) is 0 Å². The smallest absolute Gasteiger partial charge is 0.138 e. The molecule has 1 aliphatic carbocycles. The third-order valence-electron chi connectivity index (χ3n) is 5.36. The topological polar surface area (TPSA) is 59.5 Å². The molecule has 0 saturated heterocycles. The zero-order valence-corrected chi connectivity index (χ0v) is 16.3. The number of hydrogen-bond donors (Lipinski definition) is 1. The molecule has 142 valence electrons. The third kappa shape index (κ3) is 4.00. The van der Waals surface area contributed by atoms with E-state index in [4.69, 9.17) is 27.3 Å². The van der Waals surface area contributed by atoms with E-state index in [1.165, 1.54) is 17.7 Å². The zero-order valence-electron chi connectivity index (χ0n) is 15.5. The highest BCUT2D eigenvalue weighted by molar-refractivity contribution is 6.29. The maximum Gasteiger partial charge on any atom is 0.138 e. The summed E-state index contributed by atoms with van der Waals surface area (Å²) in [4.78, 5) is 12.0. The van der Waals surface area contributed by atoms with E-state index < -0.39 is 0 Å². The fourth-order valence-electron chi connectivity index (χ4n) is 4.06. The second kappa shape index (κ2) is 8.38. The van der Waals surface area contributed by atoms with Crippen LogP contribution in [0, 0.1) is 0 Å². The zero-order chi connectivity index (χ0) is 18.6. The summed E-state index contributed by atoms with van der Waals surface area (Å²) >= 11 is 6.31. The van der Waals surface area contributed by atoms with Gasteiger partial charge in [-0.1, -0.05) is 23.7 Å². The van der Waals surface area contributed by atoms with Crippen molar-refractivity contribution in [2.24, 2.45) is 5.73 Å². The number of pyridine rings is 2. The molecule has 0 spiro atoms. The molecular formula is C21H26ClN5. The minimum absolute atomic E-state index is 0.341. The van der Waals surface area contributed by atoms with Crippen molar-refractivity contribution < 1.29 is 0 Å². The summed E-state index contributed by atoms with van der Waals surface area (Å²) in [6, 6.07) is 10.4. The summed E-state index contributed by atoms with van der Waals surface area (Å²) in [6.45, 7) is 2.53. The van der Waals surface area contributed by atoms with Gasteiger partial charge in [-0.15, -0.1) is 0 Å². The molecule has 0 radical (unpaired) electrons. The van der Waals surface area contributed by atoms with Gasteiger partial charge in [-0.2, -0.15) is 0 Å². The first kappa shape index (κ1) is 18.4. The Balaban J connectivity index is 1.62. The number of hydrogen-bond acceptors (Lipinski definition) is 4. The normalized spacial score (nSPS) is 16.8. The Morgan fingerprint density at radius 2 is 2.15 bits per heavy atom. The Morgan fingerprint density at radius 3 is 3.00 bits per heavy atom. The largest absolute Gasteiger partial charge is 0.330 e. The molecule has 1 atom stereocenters. The number of nitrogens with zero attached hydrogens (tertiary/aromatic N) is 4. The Hall–Kier alpha value is -1.95. The number of halogens is 1. The van der Waals surface area contributed by atoms with Crippen LogP contribution in [0.3, 0.4) is 0 Å². The number of fused-ring (bicyclic) bond motifs is 2. The van der Waals surface area contributed by atoms with Crippen LogP contribution in [0.2, 0.25) is 5.15 Å². The van der Waals surface area contributed by atoms with Crippen LogP contribution in [0.15, 0.2) is 42.7 Å². The van der Waals surface area contributed by atoms with E-state index in [2.05, 4.69) is 17.2 Å². The van der Waals surface area contributed by atoms with Crippen LogP contribution in [0.1, 0.15) is 48.7 Å². The van der Waals surface area contributed by atoms with Gasteiger partial charge in [-0.3, -0.25) is 14.3 Å². The SMILES string of the molecule is NCCCCN(Cc1cn2c(Cl)cccc2n1)C1CCCc2cccnc21. The van der Waals surface area contributed by atoms with Gasteiger partial charge in [0.15, 0.2) is 0 Å². The Morgan fingerprint density at radius 1 is 1.22 bits per heavy atom. The second-order valence-electron chi connectivity index (χ2n) is 7.23. The lowest BCUT2D eigenvalue weighted by Crippen LogP contribution is -2.33. The van der Waals surface area contributed by atoms with Crippen LogP contribution in [-0.4, -0.2) is 32.4 Å². The van der Waals surface area contributed by atoms with Crippen molar-refractivity contribution in [1.29, 1.82) is 0 Å². The summed E-state index contributed by atoms with van der Waals surface area (Å²) in [5.74, 6) is 0. The van der Waals surface area contributed by atoms with Crippen LogP contribution in [0.25, 0.3) is 5.65 Å². The molecule has 3 heterocycles. The lowest BCUT2D eigenvalue weighted by Gasteiger charge is -2.34. The van der Waals surface area contributed by atoms with Gasteiger partial charge in [-0.25, -0.2) is 4.98 Å². The molecule has 27 heavy (non-hydrogen) atoms. The fraction of sp³-hybridized carbons (Fsp3) is 0.429. The number of imidazole rings is 1. The molecule has 6 heteroatoms. The standard InChI is InChI=1S/C21H26ClN5/c22-19-9-4-10-20-25-17(15-27(19)20)14-26(13-2-1-11-23)18-8-3-6-16-7-5-12-24-21(16)18/h4-5,7,9-10,12,15,18H,1-3,6,8,11,13-14,23H2. The van der Waals surface area contributed by atoms with E-state index in [1.807, 2.05) is 34.9 Å². The van der Waals surface area contributed by atoms with Crippen LogP contribution in [-0.2, 0) is 13.0 Å². The molecule has 1 aliphatic rings. The van der Waals surface area contributed by atoms with Crippen LogP contribution >= 0.6 is 11.6 Å². The van der Waals surface area contributed by atoms with Crippen molar-refractivity contribution in [2.75, 3.05) is 13.1 Å². The van der Waals surface area contributed by atoms with Gasteiger partial charge in [-0.05, 0) is 69.0 Å². The Labute approximate surface area is 165 Å². The molecule has 0 aliphatic heterocycles. The molecule has 0 bridgehead atoms. The van der Waals surface area contributed by atoms with Gasteiger partial charge in [0, 0.05) is 18.9 Å². The number of unbranched alkanes of at least 4 members (excludes halogenated alkanes) is 1. The van der Waals surface area contributed by atoms with E-state index in [1.54, 1.807) is 0 Å². The predicted molar refractivity (Wildman–Crippen MR) is 109 cm³/mol. The first-order valence-electron chi connectivity index (χ1n) is 9.76. The molecule has 1 unspecified atom stereocenters. The molecule has 0 aromatic carbocycles. The van der Waals surface area contributed by atoms with Crippen molar-refractivity contribution in [3.63, 3.8) is 0 Å². The van der Waals surface area contributed by atoms with E-state index >= 15 is 0 Å². The summed E-state index contributed by atoms with van der Waals surface area (Å²) in [7, 11) is 0. The van der Waals surface area contributed by atoms with Crippen molar-refractivity contribution in [3.05, 3.63) is 64.8 Å². The van der Waals surface area contributed by atoms with Crippen molar-refractivity contribution >= 4 is 17.2 Å². The van der Waals surface area contributed by atoms with Crippen molar-refractivity contribution in [2.45, 2.75) is 44.7 Å². The Bertz CT molecular complexity index is 906. The first-order chi connectivity index (χ1) is 13.3. The fourth-order valence-corrected chi connectivity index (χ4v) is 4.26. The lowest BCUT2D eigenvalue weighted by atomic mass is 9.90. The van der Waals surface area contributed by atoms with E-state index in [-0.39, 0.29) is 0 Å². The molecule has 0 amide bonds. The summed E-state index contributed by atoms with van der Waals surface area (Å²) in [5, 5.41) is 0.686. The minimum atomic E-state index is 0.341. The van der Waals surface area contributed by atoms with Gasteiger partial charge in [0.05, 0.1) is 17.4 Å². The minimum Gasteiger partial charge on any atom is -0.330 e. The highest BCUT2D eigenvalue weighted by Gasteiger charge is 2.27. The van der Waals surface area contributed by atoms with E-state index in [9.17, 15) is 0 Å². The van der Waals surface area contributed by atoms with E-state index in [0.717, 1.165) is 56.7 Å². The maximum atomic E-state index is 6.31. The highest BCUT2D eigenvalue weighted by Crippen LogP contribution is 2.34. The number of aryl methyl sites for hydroxylation is 1. The average molecular weight is 384 g/mol. The molecular weight excluding hydrogens is 358 g/mol. The monoisotopic (exact) mass is 383 g/mol. The molecule has 3 aromatic heterocycles. The molecule has 3 aromatic rings. The third-order valence-corrected chi connectivity index (χ3v) is 5.67. The molecule has 0 fully saturated rings. The predicted octanol–water partition coefficient (Wildman–Crippen LogP) is 4.00. The number of rotatable bonds is 7. The second-order valence-corrected chi connectivity index (χ2v) is 7.62. The highest BCUT2D eigenvalue weighted by atomic mass is 35.5. The lowest BCUT2D eigenvalue weighted by molar-refractivity contribution is 0.161. The first-order valence-corrected chi connectivity index (χ1v) is 10.1. The van der Waals surface area contributed by atoms with Crippen molar-refractivity contribution in [1.82, 2.24) is 19.3 Å². The van der Waals surface area contributed by atoms with Crippen LogP contribution in [0.5, 0.6) is 0 Å². The average Bonchev–Trinajstić information content (AvgIpc) is 3.11. The summed E-state index contributed by atoms with van der Waals surface area (Å²) in [6.07, 6.45) is 9.56. The maximum absolute atomic E-state index is 6.31.